The third kappa shape index (κ3) is 4.03. The van der Waals surface area contributed by atoms with E-state index in [9.17, 15) is 4.79 Å². The zero-order chi connectivity index (χ0) is 19.3. The van der Waals surface area contributed by atoms with E-state index in [1.807, 2.05) is 24.3 Å². The summed E-state index contributed by atoms with van der Waals surface area (Å²) in [4.78, 5) is 12.3. The number of ether oxygens (including phenoxy) is 4. The fraction of sp³-hybridized carbons (Fsp3) is 0.190. The first kappa shape index (κ1) is 17.8. The molecule has 0 saturated heterocycles. The second kappa shape index (κ2) is 7.96. The lowest BCUT2D eigenvalue weighted by molar-refractivity contribution is 0.0919. The lowest BCUT2D eigenvalue weighted by Gasteiger charge is -2.06. The summed E-state index contributed by atoms with van der Waals surface area (Å²) < 4.78 is 27.0. The number of fused-ring (bicyclic) bond motifs is 1. The van der Waals surface area contributed by atoms with Crippen molar-refractivity contribution in [2.24, 2.45) is 0 Å². The highest BCUT2D eigenvalue weighted by atomic mass is 16.7. The lowest BCUT2D eigenvalue weighted by Crippen LogP contribution is -2.22. The van der Waals surface area contributed by atoms with Crippen molar-refractivity contribution in [3.63, 3.8) is 0 Å². The number of hydrogen-bond acceptors (Lipinski definition) is 6. The van der Waals surface area contributed by atoms with E-state index in [1.54, 1.807) is 37.4 Å². The van der Waals surface area contributed by atoms with Gasteiger partial charge in [0.15, 0.2) is 17.3 Å². The predicted molar refractivity (Wildman–Crippen MR) is 99.8 cm³/mol. The van der Waals surface area contributed by atoms with Gasteiger partial charge in [-0.25, -0.2) is 0 Å². The van der Waals surface area contributed by atoms with Crippen molar-refractivity contribution in [3.05, 3.63) is 71.7 Å². The Morgan fingerprint density at radius 1 is 1.00 bits per heavy atom. The molecule has 0 bridgehead atoms. The van der Waals surface area contributed by atoms with Crippen LogP contribution in [0.2, 0.25) is 0 Å². The van der Waals surface area contributed by atoms with E-state index >= 15 is 0 Å². The number of furan rings is 1. The van der Waals surface area contributed by atoms with Crippen LogP contribution < -0.4 is 24.3 Å². The van der Waals surface area contributed by atoms with Crippen molar-refractivity contribution >= 4 is 5.91 Å². The summed E-state index contributed by atoms with van der Waals surface area (Å²) in [6.45, 7) is 0.809. The van der Waals surface area contributed by atoms with Crippen molar-refractivity contribution in [1.82, 2.24) is 5.32 Å². The van der Waals surface area contributed by atoms with Gasteiger partial charge in [0.05, 0.1) is 7.11 Å². The average Bonchev–Trinajstić information content (AvgIpc) is 3.40. The molecule has 3 aromatic rings. The molecule has 1 amide bonds. The van der Waals surface area contributed by atoms with Crippen molar-refractivity contribution in [1.29, 1.82) is 0 Å². The van der Waals surface area contributed by atoms with Crippen LogP contribution in [0.3, 0.4) is 0 Å². The first-order valence-corrected chi connectivity index (χ1v) is 8.73. The van der Waals surface area contributed by atoms with Crippen LogP contribution in [0.5, 0.6) is 23.0 Å². The zero-order valence-electron chi connectivity index (χ0n) is 15.3. The van der Waals surface area contributed by atoms with Crippen LogP contribution in [0, 0.1) is 0 Å². The standard InChI is InChI=1S/C21H19NO6/c1-24-15-4-2-14(3-5-15)11-22-21(23)19-9-7-17(28-19)12-25-16-6-8-18-20(10-16)27-13-26-18/h2-10H,11-13H2,1H3,(H,22,23). The summed E-state index contributed by atoms with van der Waals surface area (Å²) in [6, 6.07) is 16.2. The number of nitrogens with one attached hydrogen (secondary N) is 1. The third-order valence-electron chi connectivity index (χ3n) is 4.22. The van der Waals surface area contributed by atoms with Crippen LogP contribution >= 0.6 is 0 Å². The SMILES string of the molecule is COc1ccc(CNC(=O)c2ccc(COc3ccc4c(c3)OCO4)o2)cc1. The number of carbonyl (C=O) groups excluding carboxylic acids is 1. The van der Waals surface area contributed by atoms with Gasteiger partial charge in [0.1, 0.15) is 23.9 Å². The van der Waals surface area contributed by atoms with Gasteiger partial charge in [-0.1, -0.05) is 12.1 Å². The van der Waals surface area contributed by atoms with Crippen molar-refractivity contribution < 1.29 is 28.2 Å². The maximum Gasteiger partial charge on any atom is 0.287 e. The molecule has 0 fully saturated rings. The summed E-state index contributed by atoms with van der Waals surface area (Å²) in [5.74, 6) is 3.24. The molecule has 7 heteroatoms. The highest BCUT2D eigenvalue weighted by Crippen LogP contribution is 2.35. The fourth-order valence-electron chi connectivity index (χ4n) is 2.71. The van der Waals surface area contributed by atoms with E-state index in [2.05, 4.69) is 5.32 Å². The summed E-state index contributed by atoms with van der Waals surface area (Å²) in [5, 5.41) is 2.82. The molecule has 0 radical (unpaired) electrons. The highest BCUT2D eigenvalue weighted by Gasteiger charge is 2.15. The topological polar surface area (TPSA) is 79.2 Å². The first-order chi connectivity index (χ1) is 13.7. The number of hydrogen-bond donors (Lipinski definition) is 1. The number of benzene rings is 2. The minimum atomic E-state index is -0.287. The second-order valence-electron chi connectivity index (χ2n) is 6.10. The molecule has 2 aromatic carbocycles. The van der Waals surface area contributed by atoms with Crippen LogP contribution in [0.1, 0.15) is 21.9 Å². The maximum absolute atomic E-state index is 12.3. The molecule has 7 nitrogen and oxygen atoms in total. The molecule has 144 valence electrons. The molecule has 2 heterocycles. The van der Waals surface area contributed by atoms with E-state index in [0.717, 1.165) is 11.3 Å². The molecule has 1 aromatic heterocycles. The summed E-state index contributed by atoms with van der Waals surface area (Å²) in [5.41, 5.74) is 0.965. The van der Waals surface area contributed by atoms with Gasteiger partial charge < -0.3 is 28.7 Å². The van der Waals surface area contributed by atoms with Gasteiger partial charge in [-0.3, -0.25) is 4.79 Å². The largest absolute Gasteiger partial charge is 0.497 e. The molecule has 4 rings (SSSR count). The number of methoxy groups -OCH3 is 1. The van der Waals surface area contributed by atoms with Crippen LogP contribution in [0.25, 0.3) is 0 Å². The van der Waals surface area contributed by atoms with Gasteiger partial charge in [-0.05, 0) is 42.0 Å². The number of amides is 1. The van der Waals surface area contributed by atoms with Crippen molar-refractivity contribution in [2.45, 2.75) is 13.2 Å². The molecule has 0 unspecified atom stereocenters. The predicted octanol–water partition coefficient (Wildman–Crippen LogP) is 3.53. The summed E-state index contributed by atoms with van der Waals surface area (Å²) in [6.07, 6.45) is 0. The number of rotatable bonds is 7. The molecule has 0 aliphatic carbocycles. The Labute approximate surface area is 161 Å². The van der Waals surface area contributed by atoms with Gasteiger partial charge in [0.2, 0.25) is 6.79 Å². The molecule has 1 N–H and O–H groups in total. The van der Waals surface area contributed by atoms with Crippen LogP contribution in [-0.2, 0) is 13.2 Å². The second-order valence-corrected chi connectivity index (χ2v) is 6.10. The zero-order valence-corrected chi connectivity index (χ0v) is 15.3. The quantitative estimate of drug-likeness (QED) is 0.675. The lowest BCUT2D eigenvalue weighted by atomic mass is 10.2. The Morgan fingerprint density at radius 3 is 2.61 bits per heavy atom. The van der Waals surface area contributed by atoms with Crippen LogP contribution in [0.15, 0.2) is 59.0 Å². The summed E-state index contributed by atoms with van der Waals surface area (Å²) in [7, 11) is 1.61. The third-order valence-corrected chi connectivity index (χ3v) is 4.22. The van der Waals surface area contributed by atoms with Crippen molar-refractivity contribution in [2.75, 3.05) is 13.9 Å². The minimum Gasteiger partial charge on any atom is -0.497 e. The smallest absolute Gasteiger partial charge is 0.287 e. The van der Waals surface area contributed by atoms with E-state index in [1.165, 1.54) is 0 Å². The molecule has 0 atom stereocenters. The maximum atomic E-state index is 12.3. The van der Waals surface area contributed by atoms with Gasteiger partial charge in [0, 0.05) is 12.6 Å². The molecule has 1 aliphatic rings. The highest BCUT2D eigenvalue weighted by molar-refractivity contribution is 5.91. The summed E-state index contributed by atoms with van der Waals surface area (Å²) >= 11 is 0. The Balaban J connectivity index is 1.30. The Hall–Kier alpha value is -3.61. The van der Waals surface area contributed by atoms with Gasteiger partial charge in [0.25, 0.3) is 5.91 Å². The first-order valence-electron chi connectivity index (χ1n) is 8.73. The molecular formula is C21H19NO6. The molecule has 0 spiro atoms. The van der Waals surface area contributed by atoms with Gasteiger partial charge in [-0.15, -0.1) is 0 Å². The fourth-order valence-corrected chi connectivity index (χ4v) is 2.71. The Kier molecular flexibility index (Phi) is 5.05. The molecule has 0 saturated carbocycles. The normalized spacial score (nSPS) is 11.9. The van der Waals surface area contributed by atoms with Crippen LogP contribution in [-0.4, -0.2) is 19.8 Å². The monoisotopic (exact) mass is 381 g/mol. The molecule has 28 heavy (non-hydrogen) atoms. The minimum absolute atomic E-state index is 0.200. The molecular weight excluding hydrogens is 362 g/mol. The molecule has 1 aliphatic heterocycles. The van der Waals surface area contributed by atoms with Gasteiger partial charge >= 0.3 is 0 Å². The van der Waals surface area contributed by atoms with Crippen LogP contribution in [0.4, 0.5) is 0 Å². The Morgan fingerprint density at radius 2 is 1.79 bits per heavy atom. The Bertz CT molecular complexity index is 963. The van der Waals surface area contributed by atoms with E-state index in [4.69, 9.17) is 23.4 Å². The van der Waals surface area contributed by atoms with Crippen molar-refractivity contribution in [3.8, 4) is 23.0 Å². The van der Waals surface area contributed by atoms with E-state index in [-0.39, 0.29) is 25.1 Å². The average molecular weight is 381 g/mol. The number of carbonyl (C=O) groups is 1. The van der Waals surface area contributed by atoms with E-state index in [0.29, 0.717) is 29.6 Å². The van der Waals surface area contributed by atoms with E-state index < -0.39 is 0 Å². The van der Waals surface area contributed by atoms with Gasteiger partial charge in [-0.2, -0.15) is 0 Å².